The Hall–Kier alpha value is -3.26. The molecule has 5 rings (SSSR count). The third kappa shape index (κ3) is 3.67. The van der Waals surface area contributed by atoms with Crippen LogP contribution in [-0.2, 0) is 0 Å². The first-order chi connectivity index (χ1) is 15.0. The zero-order valence-corrected chi connectivity index (χ0v) is 18.5. The molecule has 5 heterocycles. The molecule has 160 valence electrons. The highest BCUT2D eigenvalue weighted by Crippen LogP contribution is 2.25. The Labute approximate surface area is 182 Å². The van der Waals surface area contributed by atoms with Gasteiger partial charge in [-0.15, -0.1) is 0 Å². The SMILES string of the molecule is Cc1nc(Nc2ncc3ccc4ncc(C(C)C)n4c3n2)ccc1N1CCN(C)CC1. The fraction of sp³-hybridized carbons (Fsp3) is 0.391. The van der Waals surface area contributed by atoms with Gasteiger partial charge in [0.05, 0.1) is 11.4 Å². The summed E-state index contributed by atoms with van der Waals surface area (Å²) < 4.78 is 2.11. The molecule has 4 aromatic rings. The number of hydrogen-bond acceptors (Lipinski definition) is 7. The molecular weight excluding hydrogens is 388 g/mol. The quantitative estimate of drug-likeness (QED) is 0.545. The Morgan fingerprint density at radius 1 is 0.935 bits per heavy atom. The molecule has 0 bridgehead atoms. The van der Waals surface area contributed by atoms with Gasteiger partial charge in [-0.25, -0.2) is 15.0 Å². The summed E-state index contributed by atoms with van der Waals surface area (Å²) in [5.74, 6) is 1.62. The van der Waals surface area contributed by atoms with E-state index >= 15 is 0 Å². The van der Waals surface area contributed by atoms with Crippen molar-refractivity contribution in [1.82, 2.24) is 29.2 Å². The van der Waals surface area contributed by atoms with Crippen LogP contribution in [0.5, 0.6) is 0 Å². The van der Waals surface area contributed by atoms with Crippen LogP contribution in [0.3, 0.4) is 0 Å². The summed E-state index contributed by atoms with van der Waals surface area (Å²) >= 11 is 0. The highest BCUT2D eigenvalue weighted by molar-refractivity contribution is 5.79. The van der Waals surface area contributed by atoms with E-state index in [1.165, 1.54) is 5.69 Å². The first-order valence-corrected chi connectivity index (χ1v) is 10.8. The summed E-state index contributed by atoms with van der Waals surface area (Å²) in [5.41, 5.74) is 5.08. The fourth-order valence-electron chi connectivity index (χ4n) is 4.16. The molecule has 0 aliphatic carbocycles. The van der Waals surface area contributed by atoms with Gasteiger partial charge in [0.1, 0.15) is 11.5 Å². The Morgan fingerprint density at radius 3 is 2.48 bits per heavy atom. The fourth-order valence-corrected chi connectivity index (χ4v) is 4.16. The van der Waals surface area contributed by atoms with Gasteiger partial charge in [0, 0.05) is 49.7 Å². The van der Waals surface area contributed by atoms with Crippen molar-refractivity contribution in [2.45, 2.75) is 26.7 Å². The lowest BCUT2D eigenvalue weighted by Gasteiger charge is -2.34. The number of fused-ring (bicyclic) bond motifs is 3. The molecule has 0 aromatic carbocycles. The van der Waals surface area contributed by atoms with Crippen LogP contribution in [0.25, 0.3) is 16.7 Å². The molecule has 0 spiro atoms. The average Bonchev–Trinajstić information content (AvgIpc) is 3.20. The van der Waals surface area contributed by atoms with Crippen molar-refractivity contribution in [3.05, 3.63) is 48.0 Å². The summed E-state index contributed by atoms with van der Waals surface area (Å²) in [6, 6.07) is 8.17. The van der Waals surface area contributed by atoms with Crippen molar-refractivity contribution in [2.75, 3.05) is 43.4 Å². The molecule has 0 atom stereocenters. The molecular formula is C23H28N8. The molecule has 1 aliphatic rings. The number of piperazine rings is 1. The van der Waals surface area contributed by atoms with E-state index in [9.17, 15) is 0 Å². The first kappa shape index (κ1) is 19.7. The number of aryl methyl sites for hydroxylation is 1. The largest absolute Gasteiger partial charge is 0.368 e. The topological polar surface area (TPSA) is 74.5 Å². The highest BCUT2D eigenvalue weighted by Gasteiger charge is 2.17. The van der Waals surface area contributed by atoms with Crippen LogP contribution in [-0.4, -0.2) is 62.5 Å². The number of pyridine rings is 2. The van der Waals surface area contributed by atoms with Crippen LogP contribution in [0.2, 0.25) is 0 Å². The zero-order chi connectivity index (χ0) is 21.5. The molecule has 0 amide bonds. The number of aromatic nitrogens is 5. The maximum atomic E-state index is 4.81. The van der Waals surface area contributed by atoms with Gasteiger partial charge in [0.25, 0.3) is 0 Å². The van der Waals surface area contributed by atoms with Crippen molar-refractivity contribution < 1.29 is 0 Å². The molecule has 31 heavy (non-hydrogen) atoms. The summed E-state index contributed by atoms with van der Waals surface area (Å²) in [5, 5.41) is 4.27. The van der Waals surface area contributed by atoms with Crippen molar-refractivity contribution in [3.8, 4) is 0 Å². The summed E-state index contributed by atoms with van der Waals surface area (Å²) in [7, 11) is 2.17. The van der Waals surface area contributed by atoms with Gasteiger partial charge < -0.3 is 15.1 Å². The lowest BCUT2D eigenvalue weighted by atomic mass is 10.1. The number of anilines is 3. The Morgan fingerprint density at radius 2 is 1.74 bits per heavy atom. The van der Waals surface area contributed by atoms with Crippen LogP contribution < -0.4 is 10.2 Å². The second-order valence-corrected chi connectivity index (χ2v) is 8.55. The van der Waals surface area contributed by atoms with Gasteiger partial charge in [-0.05, 0) is 44.2 Å². The van der Waals surface area contributed by atoms with Crippen molar-refractivity contribution >= 4 is 34.1 Å². The monoisotopic (exact) mass is 416 g/mol. The molecule has 8 nitrogen and oxygen atoms in total. The first-order valence-electron chi connectivity index (χ1n) is 10.8. The molecule has 1 N–H and O–H groups in total. The predicted molar refractivity (Wildman–Crippen MR) is 124 cm³/mol. The van der Waals surface area contributed by atoms with E-state index in [-0.39, 0.29) is 0 Å². The number of hydrogen-bond donors (Lipinski definition) is 1. The third-order valence-electron chi connectivity index (χ3n) is 5.97. The van der Waals surface area contributed by atoms with Gasteiger partial charge >= 0.3 is 0 Å². The van der Waals surface area contributed by atoms with E-state index in [4.69, 9.17) is 9.97 Å². The number of rotatable bonds is 4. The van der Waals surface area contributed by atoms with Crippen LogP contribution in [0.15, 0.2) is 36.7 Å². The van der Waals surface area contributed by atoms with Gasteiger partial charge in [0.15, 0.2) is 5.65 Å². The number of nitrogens with one attached hydrogen (secondary N) is 1. The van der Waals surface area contributed by atoms with E-state index in [0.717, 1.165) is 60.1 Å². The molecule has 0 radical (unpaired) electrons. The minimum atomic E-state index is 0.346. The van der Waals surface area contributed by atoms with Gasteiger partial charge in [-0.3, -0.25) is 4.40 Å². The lowest BCUT2D eigenvalue weighted by molar-refractivity contribution is 0.312. The van der Waals surface area contributed by atoms with Crippen LogP contribution in [0.4, 0.5) is 17.5 Å². The standard InChI is InChI=1S/C23H28N8/c1-15(2)19-14-24-21-8-5-17-13-25-23(28-22(17)31(19)21)27-20-7-6-18(16(3)26-20)30-11-9-29(4)10-12-30/h5-8,13-15H,9-12H2,1-4H3,(H,25,26,27,28). The maximum Gasteiger partial charge on any atom is 0.230 e. The van der Waals surface area contributed by atoms with E-state index in [2.05, 4.69) is 63.4 Å². The number of imidazole rings is 1. The molecule has 8 heteroatoms. The summed E-state index contributed by atoms with van der Waals surface area (Å²) in [6.07, 6.45) is 3.77. The van der Waals surface area contributed by atoms with Crippen LogP contribution >= 0.6 is 0 Å². The third-order valence-corrected chi connectivity index (χ3v) is 5.97. The van der Waals surface area contributed by atoms with E-state index in [1.54, 1.807) is 0 Å². The zero-order valence-electron chi connectivity index (χ0n) is 18.5. The Balaban J connectivity index is 1.46. The van der Waals surface area contributed by atoms with Gasteiger partial charge in [-0.1, -0.05) is 13.8 Å². The molecule has 1 aliphatic heterocycles. The van der Waals surface area contributed by atoms with E-state index in [0.29, 0.717) is 11.9 Å². The van der Waals surface area contributed by atoms with E-state index in [1.807, 2.05) is 30.6 Å². The van der Waals surface area contributed by atoms with Crippen molar-refractivity contribution in [3.63, 3.8) is 0 Å². The van der Waals surface area contributed by atoms with Crippen LogP contribution in [0, 0.1) is 6.92 Å². The summed E-state index contributed by atoms with van der Waals surface area (Å²) in [6.45, 7) is 10.6. The molecule has 1 saturated heterocycles. The number of likely N-dealkylation sites (N-methyl/N-ethyl adjacent to an activating group) is 1. The predicted octanol–water partition coefficient (Wildman–Crippen LogP) is 3.60. The lowest BCUT2D eigenvalue weighted by Crippen LogP contribution is -2.44. The molecule has 0 saturated carbocycles. The summed E-state index contributed by atoms with van der Waals surface area (Å²) in [4.78, 5) is 23.4. The average molecular weight is 417 g/mol. The maximum absolute atomic E-state index is 4.81. The van der Waals surface area contributed by atoms with E-state index < -0.39 is 0 Å². The smallest absolute Gasteiger partial charge is 0.230 e. The van der Waals surface area contributed by atoms with Crippen molar-refractivity contribution in [1.29, 1.82) is 0 Å². The Kier molecular flexibility index (Phi) is 4.94. The molecule has 0 unspecified atom stereocenters. The normalized spacial score (nSPS) is 15.3. The minimum Gasteiger partial charge on any atom is -0.368 e. The van der Waals surface area contributed by atoms with Gasteiger partial charge in [0.2, 0.25) is 5.95 Å². The van der Waals surface area contributed by atoms with Crippen molar-refractivity contribution in [2.24, 2.45) is 0 Å². The number of nitrogens with zero attached hydrogens (tertiary/aromatic N) is 7. The van der Waals surface area contributed by atoms with Crippen LogP contribution in [0.1, 0.15) is 31.2 Å². The Bertz CT molecular complexity index is 1240. The molecule has 1 fully saturated rings. The molecule has 4 aromatic heterocycles. The second-order valence-electron chi connectivity index (χ2n) is 8.55. The second kappa shape index (κ2) is 7.77. The highest BCUT2D eigenvalue weighted by atomic mass is 15.3. The minimum absolute atomic E-state index is 0.346. The van der Waals surface area contributed by atoms with Gasteiger partial charge in [-0.2, -0.15) is 4.98 Å².